The number of aromatic nitrogens is 3. The number of carbonyl (C=O) groups is 1. The fourth-order valence-electron chi connectivity index (χ4n) is 3.20. The van der Waals surface area contributed by atoms with Crippen molar-refractivity contribution in [2.75, 3.05) is 13.2 Å². The van der Waals surface area contributed by atoms with E-state index in [9.17, 15) is 9.59 Å². The Bertz CT molecular complexity index is 1120. The normalized spacial score (nSPS) is 14.9. The maximum Gasteiger partial charge on any atom is 0.264 e. The molecule has 3 aromatic rings. The summed E-state index contributed by atoms with van der Waals surface area (Å²) in [5.41, 5.74) is 1.78. The summed E-state index contributed by atoms with van der Waals surface area (Å²) in [6, 6.07) is 9.12. The van der Waals surface area contributed by atoms with Crippen molar-refractivity contribution in [3.05, 3.63) is 81.8 Å². The van der Waals surface area contributed by atoms with Gasteiger partial charge in [0.05, 0.1) is 30.7 Å². The Balaban J connectivity index is 1.46. The van der Waals surface area contributed by atoms with Crippen LogP contribution < -0.4 is 20.3 Å². The number of rotatable bonds is 5. The minimum absolute atomic E-state index is 0.106. The number of aryl methyl sites for hydroxylation is 2. The molecule has 154 valence electrons. The van der Waals surface area contributed by atoms with E-state index in [0.29, 0.717) is 29.4 Å². The number of pyridine rings is 1. The lowest BCUT2D eigenvalue weighted by Gasteiger charge is -2.26. The summed E-state index contributed by atoms with van der Waals surface area (Å²) < 4.78 is 13.0. The Morgan fingerprint density at radius 2 is 1.97 bits per heavy atom. The van der Waals surface area contributed by atoms with Crippen LogP contribution in [0.15, 0.2) is 53.7 Å². The standard InChI is InChI=1S/C22H22N4O4/c1-14-7-8-26(12-16-10-23-15(2)9-24-16)22(28)20(14)21(27)25-11-17-13-29-18-5-3-4-6-19(18)30-17/h3-10,17H,11-13H2,1-2H3,(H,25,27). The minimum atomic E-state index is -0.440. The highest BCUT2D eigenvalue weighted by Gasteiger charge is 2.23. The van der Waals surface area contributed by atoms with Crippen LogP contribution in [-0.2, 0) is 6.54 Å². The smallest absolute Gasteiger partial charge is 0.264 e. The number of nitrogens with zero attached hydrogens (tertiary/aromatic N) is 3. The molecule has 0 radical (unpaired) electrons. The monoisotopic (exact) mass is 406 g/mol. The summed E-state index contributed by atoms with van der Waals surface area (Å²) in [6.07, 6.45) is 4.59. The Kier molecular flexibility index (Phi) is 5.47. The van der Waals surface area contributed by atoms with Crippen LogP contribution in [0.1, 0.15) is 27.3 Å². The number of carbonyl (C=O) groups excluding carboxylic acids is 1. The fraction of sp³-hybridized carbons (Fsp3) is 0.273. The number of para-hydroxylation sites is 2. The highest BCUT2D eigenvalue weighted by molar-refractivity contribution is 5.95. The number of hydrogen-bond donors (Lipinski definition) is 1. The molecule has 3 heterocycles. The van der Waals surface area contributed by atoms with Gasteiger partial charge in [0.25, 0.3) is 11.5 Å². The summed E-state index contributed by atoms with van der Waals surface area (Å²) in [7, 11) is 0. The van der Waals surface area contributed by atoms with Crippen LogP contribution in [-0.4, -0.2) is 39.7 Å². The topological polar surface area (TPSA) is 95.3 Å². The molecule has 1 aliphatic rings. The van der Waals surface area contributed by atoms with Gasteiger partial charge in [-0.05, 0) is 37.6 Å². The van der Waals surface area contributed by atoms with Gasteiger partial charge >= 0.3 is 0 Å². The van der Waals surface area contributed by atoms with Gasteiger partial charge in [0.15, 0.2) is 11.5 Å². The average molecular weight is 406 g/mol. The third-order valence-corrected chi connectivity index (χ3v) is 4.83. The highest BCUT2D eigenvalue weighted by Crippen LogP contribution is 2.30. The molecular weight excluding hydrogens is 384 g/mol. The Hall–Kier alpha value is -3.68. The molecule has 8 nitrogen and oxygen atoms in total. The first kappa shape index (κ1) is 19.6. The first-order valence-electron chi connectivity index (χ1n) is 9.65. The van der Waals surface area contributed by atoms with Crippen LogP contribution in [0.3, 0.4) is 0 Å². The minimum Gasteiger partial charge on any atom is -0.486 e. The third-order valence-electron chi connectivity index (χ3n) is 4.83. The van der Waals surface area contributed by atoms with Crippen molar-refractivity contribution < 1.29 is 14.3 Å². The molecule has 1 unspecified atom stereocenters. The van der Waals surface area contributed by atoms with Crippen molar-refractivity contribution in [3.63, 3.8) is 0 Å². The van der Waals surface area contributed by atoms with Gasteiger partial charge in [0.2, 0.25) is 0 Å². The maximum atomic E-state index is 12.9. The number of hydrogen-bond acceptors (Lipinski definition) is 6. The molecule has 4 rings (SSSR count). The van der Waals surface area contributed by atoms with Crippen molar-refractivity contribution in [2.24, 2.45) is 0 Å². The third kappa shape index (κ3) is 4.17. The molecule has 0 aliphatic carbocycles. The molecule has 0 spiro atoms. The van der Waals surface area contributed by atoms with E-state index in [4.69, 9.17) is 9.47 Å². The largest absolute Gasteiger partial charge is 0.486 e. The van der Waals surface area contributed by atoms with E-state index >= 15 is 0 Å². The second-order valence-electron chi connectivity index (χ2n) is 7.16. The number of benzene rings is 1. The summed E-state index contributed by atoms with van der Waals surface area (Å²) in [6.45, 7) is 4.37. The van der Waals surface area contributed by atoms with Gasteiger partial charge in [-0.3, -0.25) is 19.6 Å². The molecule has 1 aromatic carbocycles. The molecule has 1 N–H and O–H groups in total. The highest BCUT2D eigenvalue weighted by atomic mass is 16.6. The Morgan fingerprint density at radius 3 is 2.73 bits per heavy atom. The molecule has 2 aromatic heterocycles. The summed E-state index contributed by atoms with van der Waals surface area (Å²) in [4.78, 5) is 34.2. The quantitative estimate of drug-likeness (QED) is 0.695. The predicted molar refractivity (Wildman–Crippen MR) is 110 cm³/mol. The van der Waals surface area contributed by atoms with E-state index in [1.54, 1.807) is 31.6 Å². The van der Waals surface area contributed by atoms with Crippen LogP contribution >= 0.6 is 0 Å². The van der Waals surface area contributed by atoms with E-state index in [1.807, 2.05) is 31.2 Å². The number of nitrogens with one attached hydrogen (secondary N) is 1. The van der Waals surface area contributed by atoms with Gasteiger partial charge in [0, 0.05) is 12.4 Å². The molecule has 1 aliphatic heterocycles. The second kappa shape index (κ2) is 8.36. The fourth-order valence-corrected chi connectivity index (χ4v) is 3.20. The van der Waals surface area contributed by atoms with Crippen LogP contribution in [0.25, 0.3) is 0 Å². The van der Waals surface area contributed by atoms with Crippen molar-refractivity contribution in [1.82, 2.24) is 19.9 Å². The van der Waals surface area contributed by atoms with Gasteiger partial charge in [-0.1, -0.05) is 12.1 Å². The lowest BCUT2D eigenvalue weighted by molar-refractivity contribution is 0.0787. The molecule has 0 fully saturated rings. The van der Waals surface area contributed by atoms with Gasteiger partial charge < -0.3 is 19.4 Å². The van der Waals surface area contributed by atoms with Gasteiger partial charge in [-0.25, -0.2) is 0 Å². The van der Waals surface area contributed by atoms with Gasteiger partial charge in [0.1, 0.15) is 18.3 Å². The van der Waals surface area contributed by atoms with Crippen LogP contribution in [0.4, 0.5) is 0 Å². The Labute approximate surface area is 173 Å². The van der Waals surface area contributed by atoms with Crippen LogP contribution in [0, 0.1) is 13.8 Å². The molecule has 0 bridgehead atoms. The molecule has 0 saturated carbocycles. The maximum absolute atomic E-state index is 12.9. The van der Waals surface area contributed by atoms with E-state index in [-0.39, 0.29) is 30.3 Å². The summed E-state index contributed by atoms with van der Waals surface area (Å²) in [5.74, 6) is 0.880. The van der Waals surface area contributed by atoms with Crippen molar-refractivity contribution in [1.29, 1.82) is 0 Å². The molecule has 30 heavy (non-hydrogen) atoms. The zero-order chi connectivity index (χ0) is 21.1. The van der Waals surface area contributed by atoms with Gasteiger partial charge in [-0.2, -0.15) is 0 Å². The van der Waals surface area contributed by atoms with E-state index in [1.165, 1.54) is 4.57 Å². The van der Waals surface area contributed by atoms with Crippen LogP contribution in [0.2, 0.25) is 0 Å². The van der Waals surface area contributed by atoms with E-state index in [2.05, 4.69) is 15.3 Å². The van der Waals surface area contributed by atoms with Crippen LogP contribution in [0.5, 0.6) is 11.5 Å². The molecule has 8 heteroatoms. The van der Waals surface area contributed by atoms with Crippen molar-refractivity contribution in [3.8, 4) is 11.5 Å². The molecule has 1 atom stereocenters. The number of amides is 1. The van der Waals surface area contributed by atoms with Crippen molar-refractivity contribution >= 4 is 5.91 Å². The van der Waals surface area contributed by atoms with E-state index in [0.717, 1.165) is 5.69 Å². The first-order valence-corrected chi connectivity index (χ1v) is 9.65. The summed E-state index contributed by atoms with van der Waals surface area (Å²) in [5, 5.41) is 2.79. The zero-order valence-corrected chi connectivity index (χ0v) is 16.8. The zero-order valence-electron chi connectivity index (χ0n) is 16.8. The lowest BCUT2D eigenvalue weighted by Crippen LogP contribution is -2.42. The van der Waals surface area contributed by atoms with Gasteiger partial charge in [-0.15, -0.1) is 0 Å². The molecular formula is C22H22N4O4. The number of fused-ring (bicyclic) bond motifs is 1. The molecule has 0 saturated heterocycles. The van der Waals surface area contributed by atoms with Crippen molar-refractivity contribution in [2.45, 2.75) is 26.5 Å². The first-order chi connectivity index (χ1) is 14.5. The Morgan fingerprint density at radius 1 is 1.17 bits per heavy atom. The SMILES string of the molecule is Cc1cnc(Cn2ccc(C)c(C(=O)NCC3COc4ccccc4O3)c2=O)cn1. The molecule has 1 amide bonds. The average Bonchev–Trinajstić information content (AvgIpc) is 2.75. The summed E-state index contributed by atoms with van der Waals surface area (Å²) >= 11 is 0. The second-order valence-corrected chi connectivity index (χ2v) is 7.16. The predicted octanol–water partition coefficient (Wildman–Crippen LogP) is 1.87. The lowest BCUT2D eigenvalue weighted by atomic mass is 10.1. The number of ether oxygens (including phenoxy) is 2. The van der Waals surface area contributed by atoms with E-state index < -0.39 is 5.91 Å².